The van der Waals surface area contributed by atoms with E-state index in [2.05, 4.69) is 24.0 Å². The molecule has 0 spiro atoms. The van der Waals surface area contributed by atoms with E-state index in [1.807, 2.05) is 48.5 Å². The van der Waals surface area contributed by atoms with Crippen molar-refractivity contribution in [3.8, 4) is 5.75 Å². The molecule has 0 amide bonds. The number of morpholine rings is 1. The standard InChI is InChI=1S/C19H21NO2/c1-2-15-8-6-7-11-17(15)22-19(16-9-4-3-5-10-16)18-14-20-12-13-21-18/h2-11,18-20H,1,12-14H2/t18-,19?/m0/s1. The van der Waals surface area contributed by atoms with Crippen LogP contribution in [0.5, 0.6) is 5.75 Å². The van der Waals surface area contributed by atoms with Crippen molar-refractivity contribution in [1.82, 2.24) is 5.32 Å². The van der Waals surface area contributed by atoms with E-state index in [4.69, 9.17) is 9.47 Å². The SMILES string of the molecule is C=Cc1ccccc1OC(c1ccccc1)[C@@H]1CNCCO1. The first-order chi connectivity index (χ1) is 10.9. The minimum Gasteiger partial charge on any atom is -0.482 e. The molecule has 0 bridgehead atoms. The number of rotatable bonds is 5. The molecule has 3 rings (SSSR count). The zero-order valence-corrected chi connectivity index (χ0v) is 12.6. The van der Waals surface area contributed by atoms with Crippen molar-refractivity contribution in [2.24, 2.45) is 0 Å². The van der Waals surface area contributed by atoms with E-state index in [9.17, 15) is 0 Å². The van der Waals surface area contributed by atoms with Gasteiger partial charge in [-0.3, -0.25) is 0 Å². The molecule has 1 heterocycles. The number of hydrogen-bond donors (Lipinski definition) is 1. The number of ether oxygens (including phenoxy) is 2. The largest absolute Gasteiger partial charge is 0.482 e. The van der Waals surface area contributed by atoms with Crippen LogP contribution < -0.4 is 10.1 Å². The van der Waals surface area contributed by atoms with Gasteiger partial charge in [-0.05, 0) is 11.6 Å². The van der Waals surface area contributed by atoms with Gasteiger partial charge in [-0.25, -0.2) is 0 Å². The average Bonchev–Trinajstić information content (AvgIpc) is 2.61. The molecule has 22 heavy (non-hydrogen) atoms. The average molecular weight is 295 g/mol. The van der Waals surface area contributed by atoms with Crippen LogP contribution in [0, 0.1) is 0 Å². The Bertz CT molecular complexity index is 606. The van der Waals surface area contributed by atoms with Crippen molar-refractivity contribution >= 4 is 6.08 Å². The maximum Gasteiger partial charge on any atom is 0.151 e. The lowest BCUT2D eigenvalue weighted by Gasteiger charge is -2.32. The first-order valence-electron chi connectivity index (χ1n) is 7.64. The maximum atomic E-state index is 6.33. The van der Waals surface area contributed by atoms with Gasteiger partial charge < -0.3 is 14.8 Å². The molecule has 114 valence electrons. The summed E-state index contributed by atoms with van der Waals surface area (Å²) in [7, 11) is 0. The lowest BCUT2D eigenvalue weighted by Crippen LogP contribution is -2.43. The molecule has 1 aliphatic rings. The summed E-state index contributed by atoms with van der Waals surface area (Å²) in [6.45, 7) is 6.25. The molecule has 0 radical (unpaired) electrons. The van der Waals surface area contributed by atoms with Crippen LogP contribution in [-0.2, 0) is 4.74 Å². The van der Waals surface area contributed by atoms with Crippen molar-refractivity contribution < 1.29 is 9.47 Å². The van der Waals surface area contributed by atoms with Crippen LogP contribution in [0.1, 0.15) is 17.2 Å². The highest BCUT2D eigenvalue weighted by Crippen LogP contribution is 2.29. The molecule has 1 fully saturated rings. The second-order valence-electron chi connectivity index (χ2n) is 5.30. The van der Waals surface area contributed by atoms with Crippen molar-refractivity contribution in [3.63, 3.8) is 0 Å². The lowest BCUT2D eigenvalue weighted by molar-refractivity contribution is -0.0433. The van der Waals surface area contributed by atoms with Gasteiger partial charge in [-0.1, -0.05) is 61.2 Å². The molecule has 1 unspecified atom stereocenters. The van der Waals surface area contributed by atoms with Crippen LogP contribution >= 0.6 is 0 Å². The molecule has 0 saturated carbocycles. The maximum absolute atomic E-state index is 6.33. The molecule has 2 aromatic carbocycles. The molecular weight excluding hydrogens is 274 g/mol. The zero-order chi connectivity index (χ0) is 15.2. The van der Waals surface area contributed by atoms with Gasteiger partial charge in [0.05, 0.1) is 6.61 Å². The van der Waals surface area contributed by atoms with Gasteiger partial charge in [0, 0.05) is 18.7 Å². The summed E-state index contributed by atoms with van der Waals surface area (Å²) in [5.41, 5.74) is 2.11. The fraction of sp³-hybridized carbons (Fsp3) is 0.263. The number of hydrogen-bond acceptors (Lipinski definition) is 3. The Balaban J connectivity index is 1.89. The Labute approximate surface area is 131 Å². The van der Waals surface area contributed by atoms with E-state index in [0.29, 0.717) is 6.61 Å². The van der Waals surface area contributed by atoms with Gasteiger partial charge in [0.25, 0.3) is 0 Å². The summed E-state index contributed by atoms with van der Waals surface area (Å²) in [5.74, 6) is 0.834. The van der Waals surface area contributed by atoms with E-state index in [-0.39, 0.29) is 12.2 Å². The minimum absolute atomic E-state index is 0.00554. The second kappa shape index (κ2) is 7.25. The third kappa shape index (κ3) is 3.38. The quantitative estimate of drug-likeness (QED) is 0.916. The highest BCUT2D eigenvalue weighted by molar-refractivity contribution is 5.55. The van der Waals surface area contributed by atoms with Gasteiger partial charge in [-0.15, -0.1) is 0 Å². The van der Waals surface area contributed by atoms with E-state index >= 15 is 0 Å². The Morgan fingerprint density at radius 3 is 2.64 bits per heavy atom. The summed E-state index contributed by atoms with van der Waals surface area (Å²) in [6, 6.07) is 18.2. The van der Waals surface area contributed by atoms with E-state index < -0.39 is 0 Å². The van der Waals surface area contributed by atoms with Gasteiger partial charge in [0.2, 0.25) is 0 Å². The third-order valence-corrected chi connectivity index (χ3v) is 3.81. The second-order valence-corrected chi connectivity index (χ2v) is 5.30. The molecule has 1 N–H and O–H groups in total. The number of nitrogens with one attached hydrogen (secondary N) is 1. The molecule has 1 aliphatic heterocycles. The molecule has 0 aliphatic carbocycles. The van der Waals surface area contributed by atoms with Crippen molar-refractivity contribution in [2.75, 3.05) is 19.7 Å². The molecule has 0 aromatic heterocycles. The third-order valence-electron chi connectivity index (χ3n) is 3.81. The van der Waals surface area contributed by atoms with E-state index in [1.54, 1.807) is 0 Å². The molecule has 3 nitrogen and oxygen atoms in total. The monoisotopic (exact) mass is 295 g/mol. The van der Waals surface area contributed by atoms with Crippen LogP contribution in [0.15, 0.2) is 61.2 Å². The van der Waals surface area contributed by atoms with Crippen LogP contribution in [0.3, 0.4) is 0 Å². The topological polar surface area (TPSA) is 30.5 Å². The predicted octanol–water partition coefficient (Wildman–Crippen LogP) is 3.44. The normalized spacial score (nSPS) is 19.4. The molecule has 2 aromatic rings. The summed E-state index contributed by atoms with van der Waals surface area (Å²) >= 11 is 0. The summed E-state index contributed by atoms with van der Waals surface area (Å²) < 4.78 is 12.3. The Hall–Kier alpha value is -2.10. The molecular formula is C19H21NO2. The zero-order valence-electron chi connectivity index (χ0n) is 12.6. The molecule has 2 atom stereocenters. The van der Waals surface area contributed by atoms with Crippen LogP contribution in [0.2, 0.25) is 0 Å². The van der Waals surface area contributed by atoms with Crippen LogP contribution in [-0.4, -0.2) is 25.8 Å². The Morgan fingerprint density at radius 2 is 1.91 bits per heavy atom. The fourth-order valence-electron chi connectivity index (χ4n) is 2.67. The number of para-hydroxylation sites is 1. The minimum atomic E-state index is -0.143. The molecule has 3 heteroatoms. The first-order valence-corrected chi connectivity index (χ1v) is 7.64. The van der Waals surface area contributed by atoms with Gasteiger partial charge in [0.15, 0.2) is 6.10 Å². The van der Waals surface area contributed by atoms with Crippen molar-refractivity contribution in [2.45, 2.75) is 12.2 Å². The van der Waals surface area contributed by atoms with Gasteiger partial charge in [-0.2, -0.15) is 0 Å². The van der Waals surface area contributed by atoms with E-state index in [1.165, 1.54) is 0 Å². The Kier molecular flexibility index (Phi) is 4.88. The Morgan fingerprint density at radius 1 is 1.14 bits per heavy atom. The summed E-state index contributed by atoms with van der Waals surface area (Å²) in [6.07, 6.45) is 1.67. The fourth-order valence-corrected chi connectivity index (χ4v) is 2.67. The van der Waals surface area contributed by atoms with Gasteiger partial charge in [0.1, 0.15) is 11.9 Å². The lowest BCUT2D eigenvalue weighted by atomic mass is 10.0. The van der Waals surface area contributed by atoms with Crippen LogP contribution in [0.4, 0.5) is 0 Å². The highest BCUT2D eigenvalue weighted by Gasteiger charge is 2.28. The summed E-state index contributed by atoms with van der Waals surface area (Å²) in [4.78, 5) is 0. The summed E-state index contributed by atoms with van der Waals surface area (Å²) in [5, 5.41) is 3.37. The number of benzene rings is 2. The first kappa shape index (κ1) is 14.8. The van der Waals surface area contributed by atoms with Crippen molar-refractivity contribution in [3.05, 3.63) is 72.3 Å². The van der Waals surface area contributed by atoms with Crippen molar-refractivity contribution in [1.29, 1.82) is 0 Å². The predicted molar refractivity (Wildman–Crippen MR) is 89.0 cm³/mol. The van der Waals surface area contributed by atoms with Crippen LogP contribution in [0.25, 0.3) is 6.08 Å². The smallest absolute Gasteiger partial charge is 0.151 e. The molecule has 1 saturated heterocycles. The van der Waals surface area contributed by atoms with E-state index in [0.717, 1.165) is 30.0 Å². The van der Waals surface area contributed by atoms with Gasteiger partial charge >= 0.3 is 0 Å². The highest BCUT2D eigenvalue weighted by atomic mass is 16.5.